The van der Waals surface area contributed by atoms with Crippen molar-refractivity contribution in [2.24, 2.45) is 16.7 Å². The molecule has 8 heteroatoms. The summed E-state index contributed by atoms with van der Waals surface area (Å²) in [5.41, 5.74) is -0.399. The number of aliphatic hydroxyl groups excluding tert-OH is 1. The van der Waals surface area contributed by atoms with Crippen molar-refractivity contribution in [1.29, 1.82) is 0 Å². The predicted molar refractivity (Wildman–Crippen MR) is 128 cm³/mol. The molecule has 6 nitrogen and oxygen atoms in total. The number of ketones is 1. The highest BCUT2D eigenvalue weighted by Crippen LogP contribution is 2.64. The van der Waals surface area contributed by atoms with Crippen LogP contribution in [0.1, 0.15) is 64.2 Å². The predicted octanol–water partition coefficient (Wildman–Crippen LogP) is 7.36. The molecule has 1 N–H and O–H groups in total. The van der Waals surface area contributed by atoms with Gasteiger partial charge in [-0.2, -0.15) is 0 Å². The summed E-state index contributed by atoms with van der Waals surface area (Å²) in [4.78, 5) is 24.3. The van der Waals surface area contributed by atoms with E-state index in [4.69, 9.17) is 4.74 Å². The van der Waals surface area contributed by atoms with Crippen molar-refractivity contribution in [3.8, 4) is 11.5 Å². The number of aryl methyl sites for hydroxylation is 1. The summed E-state index contributed by atoms with van der Waals surface area (Å²) in [5.74, 6) is -3.51. The van der Waals surface area contributed by atoms with Crippen LogP contribution in [0.25, 0.3) is 5.57 Å². The van der Waals surface area contributed by atoms with E-state index in [1.807, 2.05) is 27.7 Å². The molecule has 2 aliphatic carbocycles. The first-order chi connectivity index (χ1) is 16.2. The monoisotopic (exact) mass is 485 g/mol. The van der Waals surface area contributed by atoms with E-state index >= 15 is 0 Å². The molecule has 0 aliphatic heterocycles. The third kappa shape index (κ3) is 3.79. The number of nitrogens with zero attached hydrogens (tertiary/aromatic N) is 1. The number of hydrogen-bond donors (Lipinski definition) is 1. The van der Waals surface area contributed by atoms with Crippen LogP contribution in [0.2, 0.25) is 0 Å². The number of carbonyl (C=O) groups excluding carboxylic acids is 1. The van der Waals surface area contributed by atoms with Crippen LogP contribution in [0, 0.1) is 26.9 Å². The Balaban J connectivity index is 1.81. The second kappa shape index (κ2) is 8.14. The molecule has 2 bridgehead atoms. The Bertz CT molecular complexity index is 1260. The van der Waals surface area contributed by atoms with Crippen LogP contribution in [-0.4, -0.2) is 15.8 Å². The lowest BCUT2D eigenvalue weighted by Gasteiger charge is -2.45. The van der Waals surface area contributed by atoms with Crippen molar-refractivity contribution >= 4 is 17.0 Å². The van der Waals surface area contributed by atoms with Crippen LogP contribution in [-0.2, 0) is 17.1 Å². The molecule has 4 rings (SSSR count). The average molecular weight is 486 g/mol. The lowest BCUT2D eigenvalue weighted by molar-refractivity contribution is -0.385. The molecule has 0 unspecified atom stereocenters. The molecule has 2 aliphatic rings. The maximum Gasteiger partial charge on any atom is 0.312 e. The van der Waals surface area contributed by atoms with Crippen molar-refractivity contribution < 1.29 is 28.3 Å². The van der Waals surface area contributed by atoms with Crippen LogP contribution in [0.3, 0.4) is 0 Å². The number of nitro groups is 1. The molecule has 35 heavy (non-hydrogen) atoms. The first kappa shape index (κ1) is 24.8. The van der Waals surface area contributed by atoms with Gasteiger partial charge >= 0.3 is 5.69 Å². The number of carbonyl (C=O) groups is 1. The molecule has 0 spiro atoms. The summed E-state index contributed by atoms with van der Waals surface area (Å²) in [6, 6.07) is 7.99. The lowest BCUT2D eigenvalue weighted by atomic mass is 9.58. The number of ether oxygens (including phenoxy) is 1. The van der Waals surface area contributed by atoms with Gasteiger partial charge in [0.05, 0.1) is 10.5 Å². The average Bonchev–Trinajstić information content (AvgIpc) is 2.96. The maximum atomic E-state index is 13.7. The Labute approximate surface area is 202 Å². The highest BCUT2D eigenvalue weighted by Gasteiger charge is 2.61. The number of allylic oxidation sites excluding steroid dienone is 2. The molecule has 2 aromatic rings. The second-order valence-corrected chi connectivity index (χ2v) is 10.3. The standard InChI is InChI=1S/C27H29F2NO5/c1-6-15-7-9-17(35-21-10-8-16(27(5,28)29)13-20(21)30(33)34)14-18(15)22-23(31)19-11-12-26(4,24(22)32)25(19,2)3/h7-10,13-14,19,32H,6,11-12H2,1-5H3/t19-,26+/m0/s1. The highest BCUT2D eigenvalue weighted by molar-refractivity contribution is 6.24. The summed E-state index contributed by atoms with van der Waals surface area (Å²) in [7, 11) is 0. The van der Waals surface area contributed by atoms with Crippen molar-refractivity contribution in [2.75, 3.05) is 0 Å². The molecular formula is C27H29F2NO5. The number of hydrogen-bond acceptors (Lipinski definition) is 5. The van der Waals surface area contributed by atoms with Crippen LogP contribution in [0.15, 0.2) is 42.2 Å². The Morgan fingerprint density at radius 2 is 1.89 bits per heavy atom. The highest BCUT2D eigenvalue weighted by atomic mass is 19.3. The van der Waals surface area contributed by atoms with E-state index in [-0.39, 0.29) is 39.9 Å². The summed E-state index contributed by atoms with van der Waals surface area (Å²) < 4.78 is 33.2. The Hall–Kier alpha value is -3.29. The van der Waals surface area contributed by atoms with Gasteiger partial charge in [-0.1, -0.05) is 33.8 Å². The zero-order valence-electron chi connectivity index (χ0n) is 20.4. The number of halogens is 2. The summed E-state index contributed by atoms with van der Waals surface area (Å²) in [5, 5.41) is 22.9. The van der Waals surface area contributed by atoms with Crippen LogP contribution in [0.4, 0.5) is 14.5 Å². The number of fused-ring (bicyclic) bond motifs is 2. The molecule has 0 aromatic heterocycles. The van der Waals surface area contributed by atoms with Gasteiger partial charge in [0.2, 0.25) is 5.75 Å². The van der Waals surface area contributed by atoms with Gasteiger partial charge in [-0.25, -0.2) is 8.78 Å². The number of alkyl halides is 2. The largest absolute Gasteiger partial charge is 0.511 e. The van der Waals surface area contributed by atoms with Gasteiger partial charge in [0.25, 0.3) is 5.92 Å². The van der Waals surface area contributed by atoms with Gasteiger partial charge in [-0.15, -0.1) is 0 Å². The molecule has 0 heterocycles. The molecule has 0 amide bonds. The van der Waals surface area contributed by atoms with Crippen LogP contribution in [0.5, 0.6) is 11.5 Å². The fourth-order valence-corrected chi connectivity index (χ4v) is 5.52. The minimum atomic E-state index is -3.24. The maximum absolute atomic E-state index is 13.7. The Morgan fingerprint density at radius 1 is 1.20 bits per heavy atom. The number of rotatable bonds is 6. The molecular weight excluding hydrogens is 456 g/mol. The molecule has 1 saturated carbocycles. The first-order valence-electron chi connectivity index (χ1n) is 11.7. The van der Waals surface area contributed by atoms with E-state index in [1.54, 1.807) is 18.2 Å². The van der Waals surface area contributed by atoms with Crippen molar-refractivity contribution in [3.05, 3.63) is 69.0 Å². The zero-order chi connectivity index (χ0) is 25.9. The topological polar surface area (TPSA) is 89.7 Å². The second-order valence-electron chi connectivity index (χ2n) is 10.3. The number of aliphatic hydroxyl groups is 1. The molecule has 0 saturated heterocycles. The quantitative estimate of drug-likeness (QED) is 0.341. The number of nitro benzene ring substituents is 1. The van der Waals surface area contributed by atoms with Crippen molar-refractivity contribution in [3.63, 3.8) is 0 Å². The van der Waals surface area contributed by atoms with Crippen molar-refractivity contribution in [2.45, 2.75) is 59.8 Å². The molecule has 0 radical (unpaired) electrons. The minimum absolute atomic E-state index is 0.0635. The Kier molecular flexibility index (Phi) is 5.77. The molecule has 1 fully saturated rings. The number of Topliss-reactive ketones (excluding diaryl/α,β-unsaturated/α-hetero) is 1. The fraction of sp³-hybridized carbons (Fsp3) is 0.444. The van der Waals surface area contributed by atoms with E-state index < -0.39 is 27.5 Å². The van der Waals surface area contributed by atoms with E-state index in [9.17, 15) is 28.8 Å². The summed E-state index contributed by atoms with van der Waals surface area (Å²) in [6.07, 6.45) is 1.98. The minimum Gasteiger partial charge on any atom is -0.511 e. The van der Waals surface area contributed by atoms with Gasteiger partial charge < -0.3 is 9.84 Å². The van der Waals surface area contributed by atoms with Gasteiger partial charge in [-0.3, -0.25) is 14.9 Å². The van der Waals surface area contributed by atoms with E-state index in [2.05, 4.69) is 0 Å². The van der Waals surface area contributed by atoms with E-state index in [0.717, 1.165) is 23.8 Å². The van der Waals surface area contributed by atoms with E-state index in [0.29, 0.717) is 31.7 Å². The SMILES string of the molecule is CCc1ccc(Oc2ccc(C(C)(F)F)cc2[N+](=O)[O-])cc1C1=C(O)[C@@]2(C)CC[C@@H](C1=O)C2(C)C. The molecule has 186 valence electrons. The third-order valence-electron chi connectivity index (χ3n) is 8.17. The normalized spacial score (nSPS) is 23.5. The lowest BCUT2D eigenvalue weighted by Crippen LogP contribution is -2.43. The van der Waals surface area contributed by atoms with Gasteiger partial charge in [0, 0.05) is 29.9 Å². The summed E-state index contributed by atoms with van der Waals surface area (Å²) >= 11 is 0. The van der Waals surface area contributed by atoms with Crippen LogP contribution >= 0.6 is 0 Å². The van der Waals surface area contributed by atoms with E-state index in [1.165, 1.54) is 0 Å². The fourth-order valence-electron chi connectivity index (χ4n) is 5.52. The first-order valence-corrected chi connectivity index (χ1v) is 11.7. The van der Waals surface area contributed by atoms with Gasteiger partial charge in [0.15, 0.2) is 5.78 Å². The van der Waals surface area contributed by atoms with Gasteiger partial charge in [0.1, 0.15) is 11.5 Å². The van der Waals surface area contributed by atoms with Crippen LogP contribution < -0.4 is 4.74 Å². The smallest absolute Gasteiger partial charge is 0.312 e. The third-order valence-corrected chi connectivity index (χ3v) is 8.17. The van der Waals surface area contributed by atoms with Crippen molar-refractivity contribution in [1.82, 2.24) is 0 Å². The Morgan fingerprint density at radius 3 is 2.49 bits per heavy atom. The summed E-state index contributed by atoms with van der Waals surface area (Å²) in [6.45, 7) is 8.60. The zero-order valence-corrected chi connectivity index (χ0v) is 20.4. The molecule has 2 aromatic carbocycles. The van der Waals surface area contributed by atoms with Gasteiger partial charge in [-0.05, 0) is 60.1 Å². The molecule has 2 atom stereocenters. The number of benzene rings is 2.